The van der Waals surface area contributed by atoms with E-state index in [2.05, 4.69) is 41.6 Å². The molecule has 0 bridgehead atoms. The van der Waals surface area contributed by atoms with Crippen LogP contribution >= 0.6 is 24.0 Å². The highest BCUT2D eigenvalue weighted by Crippen LogP contribution is 2.19. The number of rotatable bonds is 8. The second-order valence-corrected chi connectivity index (χ2v) is 7.97. The summed E-state index contributed by atoms with van der Waals surface area (Å²) in [6.07, 6.45) is 3.94. The molecule has 1 amide bonds. The summed E-state index contributed by atoms with van der Waals surface area (Å²) in [6.45, 7) is 13.9. The molecular formula is C22H38IN5O. The Bertz CT molecular complexity index is 639. The Balaban J connectivity index is 0.00000420. The van der Waals surface area contributed by atoms with Crippen molar-refractivity contribution < 1.29 is 4.79 Å². The Labute approximate surface area is 193 Å². The summed E-state index contributed by atoms with van der Waals surface area (Å²) < 4.78 is 0. The van der Waals surface area contributed by atoms with Crippen LogP contribution in [0.3, 0.4) is 0 Å². The third kappa shape index (κ3) is 8.50. The zero-order chi connectivity index (χ0) is 20.4. The van der Waals surface area contributed by atoms with Crippen molar-refractivity contribution in [3.63, 3.8) is 0 Å². The van der Waals surface area contributed by atoms with E-state index >= 15 is 0 Å². The Hall–Kier alpha value is -1.35. The quantitative estimate of drug-likeness (QED) is 0.282. The van der Waals surface area contributed by atoms with E-state index in [1.165, 1.54) is 32.4 Å². The molecule has 6 nitrogen and oxygen atoms in total. The molecule has 164 valence electrons. The summed E-state index contributed by atoms with van der Waals surface area (Å²) in [5.74, 6) is 0.799. The first-order chi connectivity index (χ1) is 13.5. The van der Waals surface area contributed by atoms with Crippen LogP contribution in [0.25, 0.3) is 0 Å². The van der Waals surface area contributed by atoms with Crippen molar-refractivity contribution in [3.8, 4) is 0 Å². The summed E-state index contributed by atoms with van der Waals surface area (Å²) in [5, 5.41) is 9.65. The maximum atomic E-state index is 11.9. The Morgan fingerprint density at radius 3 is 2.21 bits per heavy atom. The average molecular weight is 515 g/mol. The smallest absolute Gasteiger partial charge is 0.251 e. The molecule has 0 aliphatic carbocycles. The fourth-order valence-electron chi connectivity index (χ4n) is 3.45. The van der Waals surface area contributed by atoms with Gasteiger partial charge >= 0.3 is 0 Å². The number of hydrogen-bond donors (Lipinski definition) is 3. The molecule has 0 radical (unpaired) electrons. The second kappa shape index (κ2) is 13.1. The van der Waals surface area contributed by atoms with Crippen molar-refractivity contribution in [2.45, 2.75) is 59.0 Å². The molecule has 0 saturated carbocycles. The van der Waals surface area contributed by atoms with Crippen molar-refractivity contribution in [1.29, 1.82) is 0 Å². The SMILES string of the molecule is CCNC(=O)c1ccc(CN=C(NCC)NCC(C)(C)N2CCCCC2)cc1.I. The number of nitrogens with one attached hydrogen (secondary N) is 3. The molecule has 29 heavy (non-hydrogen) atoms. The molecule has 1 fully saturated rings. The molecule has 0 atom stereocenters. The van der Waals surface area contributed by atoms with E-state index in [1.54, 1.807) is 0 Å². The Morgan fingerprint density at radius 1 is 1.00 bits per heavy atom. The monoisotopic (exact) mass is 515 g/mol. The summed E-state index contributed by atoms with van der Waals surface area (Å²) in [5.41, 5.74) is 1.87. The molecule has 1 saturated heterocycles. The lowest BCUT2D eigenvalue weighted by molar-refractivity contribution is 0.0955. The maximum Gasteiger partial charge on any atom is 0.251 e. The number of likely N-dealkylation sites (tertiary alicyclic amines) is 1. The second-order valence-electron chi connectivity index (χ2n) is 7.97. The van der Waals surface area contributed by atoms with Gasteiger partial charge in [0.1, 0.15) is 0 Å². The Morgan fingerprint density at radius 2 is 1.62 bits per heavy atom. The molecule has 7 heteroatoms. The number of piperidine rings is 1. The number of carbonyl (C=O) groups excluding carboxylic acids is 1. The number of aliphatic imine (C=N–C) groups is 1. The number of amides is 1. The van der Waals surface area contributed by atoms with Gasteiger partial charge in [0.25, 0.3) is 5.91 Å². The fraction of sp³-hybridized carbons (Fsp3) is 0.636. The molecule has 2 rings (SSSR count). The predicted octanol–water partition coefficient (Wildman–Crippen LogP) is 3.37. The lowest BCUT2D eigenvalue weighted by Crippen LogP contribution is -2.54. The van der Waals surface area contributed by atoms with Crippen LogP contribution in [0.15, 0.2) is 29.3 Å². The van der Waals surface area contributed by atoms with Gasteiger partial charge in [0.2, 0.25) is 0 Å². The van der Waals surface area contributed by atoms with E-state index in [0.29, 0.717) is 18.7 Å². The standard InChI is InChI=1S/C22H37N5O.HI/c1-5-23-20(28)19-12-10-18(11-13-19)16-25-21(24-6-2)26-17-22(3,4)27-14-8-7-9-15-27;/h10-13H,5-9,14-17H2,1-4H3,(H,23,28)(H2,24,25,26);1H. The van der Waals surface area contributed by atoms with Crippen molar-refractivity contribution in [1.82, 2.24) is 20.9 Å². The third-order valence-corrected chi connectivity index (χ3v) is 5.22. The van der Waals surface area contributed by atoms with Gasteiger partial charge in [0.15, 0.2) is 5.96 Å². The molecule has 1 aliphatic heterocycles. The van der Waals surface area contributed by atoms with Crippen LogP contribution in [0.5, 0.6) is 0 Å². The third-order valence-electron chi connectivity index (χ3n) is 5.22. The van der Waals surface area contributed by atoms with E-state index in [4.69, 9.17) is 4.99 Å². The van der Waals surface area contributed by atoms with Gasteiger partial charge in [-0.15, -0.1) is 24.0 Å². The Kier molecular flexibility index (Phi) is 11.6. The van der Waals surface area contributed by atoms with Crippen LogP contribution in [0.4, 0.5) is 0 Å². The van der Waals surface area contributed by atoms with Gasteiger partial charge in [-0.25, -0.2) is 4.99 Å². The van der Waals surface area contributed by atoms with Crippen molar-refractivity contribution in [3.05, 3.63) is 35.4 Å². The summed E-state index contributed by atoms with van der Waals surface area (Å²) in [4.78, 5) is 19.1. The fourth-order valence-corrected chi connectivity index (χ4v) is 3.45. The highest BCUT2D eigenvalue weighted by molar-refractivity contribution is 14.0. The molecule has 1 aliphatic rings. The largest absolute Gasteiger partial charge is 0.357 e. The predicted molar refractivity (Wildman–Crippen MR) is 132 cm³/mol. The molecule has 3 N–H and O–H groups in total. The minimum atomic E-state index is -0.0347. The molecule has 1 aromatic rings. The van der Waals surface area contributed by atoms with Crippen LogP contribution in [0.1, 0.15) is 62.9 Å². The maximum absolute atomic E-state index is 11.9. The molecular weight excluding hydrogens is 477 g/mol. The molecule has 0 aromatic heterocycles. The van der Waals surface area contributed by atoms with Crippen molar-refractivity contribution in [2.24, 2.45) is 4.99 Å². The summed E-state index contributed by atoms with van der Waals surface area (Å²) >= 11 is 0. The minimum absolute atomic E-state index is 0. The molecule has 1 aromatic carbocycles. The minimum Gasteiger partial charge on any atom is -0.357 e. The van der Waals surface area contributed by atoms with Crippen molar-refractivity contribution >= 4 is 35.8 Å². The van der Waals surface area contributed by atoms with Crippen LogP contribution in [0, 0.1) is 0 Å². The number of benzene rings is 1. The van der Waals surface area contributed by atoms with E-state index < -0.39 is 0 Å². The summed E-state index contributed by atoms with van der Waals surface area (Å²) in [6, 6.07) is 7.65. The number of hydrogen-bond acceptors (Lipinski definition) is 3. The highest BCUT2D eigenvalue weighted by Gasteiger charge is 2.27. The lowest BCUT2D eigenvalue weighted by atomic mass is 9.98. The number of halogens is 1. The van der Waals surface area contributed by atoms with Gasteiger partial charge in [-0.3, -0.25) is 9.69 Å². The average Bonchev–Trinajstić information content (AvgIpc) is 2.71. The molecule has 0 unspecified atom stereocenters. The van der Waals surface area contributed by atoms with Crippen molar-refractivity contribution in [2.75, 3.05) is 32.7 Å². The van der Waals surface area contributed by atoms with Crippen LogP contribution in [-0.4, -0.2) is 55.0 Å². The molecule has 1 heterocycles. The first-order valence-corrected chi connectivity index (χ1v) is 10.6. The van der Waals surface area contributed by atoms with Crippen LogP contribution in [0.2, 0.25) is 0 Å². The zero-order valence-corrected chi connectivity index (χ0v) is 20.7. The van der Waals surface area contributed by atoms with E-state index in [1.807, 2.05) is 31.2 Å². The van der Waals surface area contributed by atoms with Gasteiger partial charge in [-0.2, -0.15) is 0 Å². The molecule has 0 spiro atoms. The topological polar surface area (TPSA) is 68.8 Å². The van der Waals surface area contributed by atoms with Crippen LogP contribution in [-0.2, 0) is 6.54 Å². The van der Waals surface area contributed by atoms with Gasteiger partial charge in [0, 0.05) is 30.7 Å². The van der Waals surface area contributed by atoms with E-state index in [-0.39, 0.29) is 35.4 Å². The lowest BCUT2D eigenvalue weighted by Gasteiger charge is -2.41. The van der Waals surface area contributed by atoms with Gasteiger partial charge in [0.05, 0.1) is 6.54 Å². The first kappa shape index (κ1) is 25.7. The van der Waals surface area contributed by atoms with Gasteiger partial charge in [-0.1, -0.05) is 18.6 Å². The number of carbonyl (C=O) groups is 1. The summed E-state index contributed by atoms with van der Waals surface area (Å²) in [7, 11) is 0. The van der Waals surface area contributed by atoms with Gasteiger partial charge in [-0.05, 0) is 71.3 Å². The zero-order valence-electron chi connectivity index (χ0n) is 18.4. The van der Waals surface area contributed by atoms with E-state index in [9.17, 15) is 4.79 Å². The van der Waals surface area contributed by atoms with E-state index in [0.717, 1.165) is 24.6 Å². The van der Waals surface area contributed by atoms with Gasteiger partial charge < -0.3 is 16.0 Å². The number of nitrogens with zero attached hydrogens (tertiary/aromatic N) is 2. The highest BCUT2D eigenvalue weighted by atomic mass is 127. The number of guanidine groups is 1. The van der Waals surface area contributed by atoms with Crippen LogP contribution < -0.4 is 16.0 Å². The normalized spacial score (nSPS) is 15.4. The first-order valence-electron chi connectivity index (χ1n) is 10.6.